The maximum atomic E-state index is 13.0. The number of pyridine rings is 1. The second kappa shape index (κ2) is 9.10. The summed E-state index contributed by atoms with van der Waals surface area (Å²) in [5.74, 6) is -2.54. The van der Waals surface area contributed by atoms with Crippen LogP contribution in [-0.2, 0) is 11.4 Å². The molecule has 0 bridgehead atoms. The van der Waals surface area contributed by atoms with Crippen molar-refractivity contribution in [1.29, 1.82) is 0 Å². The number of aromatic nitrogens is 1. The van der Waals surface area contributed by atoms with Gasteiger partial charge in [-0.2, -0.15) is 0 Å². The number of carboxylic acids is 1. The highest BCUT2D eigenvalue weighted by Gasteiger charge is 2.33. The maximum absolute atomic E-state index is 13.0. The zero-order valence-corrected chi connectivity index (χ0v) is 18.5. The van der Waals surface area contributed by atoms with Gasteiger partial charge in [0.1, 0.15) is 29.2 Å². The van der Waals surface area contributed by atoms with Crippen molar-refractivity contribution < 1.29 is 38.9 Å². The molecule has 4 rings (SSSR count). The third-order valence-electron chi connectivity index (χ3n) is 5.20. The molecular weight excluding hydrogens is 444 g/mol. The smallest absolute Gasteiger partial charge is 0.347 e. The van der Waals surface area contributed by atoms with Crippen LogP contribution in [0.1, 0.15) is 43.0 Å². The quantitative estimate of drug-likeness (QED) is 0.240. The van der Waals surface area contributed by atoms with Gasteiger partial charge in [-0.05, 0) is 37.6 Å². The number of aromatic hydroxyl groups is 1. The number of fused-ring (bicyclic) bond motifs is 2. The summed E-state index contributed by atoms with van der Waals surface area (Å²) in [6, 6.07) is 6.18. The number of methoxy groups -OCH3 is 1. The highest BCUT2D eigenvalue weighted by molar-refractivity contribution is 6.03. The average molecular weight is 464 g/mol. The number of esters is 1. The predicted molar refractivity (Wildman–Crippen MR) is 119 cm³/mol. The van der Waals surface area contributed by atoms with Crippen LogP contribution in [0.25, 0.3) is 0 Å². The number of aromatic carboxylic acids is 1. The van der Waals surface area contributed by atoms with Crippen LogP contribution >= 0.6 is 0 Å². The monoisotopic (exact) mass is 464 g/mol. The van der Waals surface area contributed by atoms with Gasteiger partial charge < -0.3 is 29.3 Å². The number of aryl methyl sites for hydroxylation is 1. The van der Waals surface area contributed by atoms with Crippen molar-refractivity contribution in [3.8, 4) is 28.7 Å². The Morgan fingerprint density at radius 2 is 2.00 bits per heavy atom. The Morgan fingerprint density at radius 3 is 2.68 bits per heavy atom. The number of benzene rings is 2. The zero-order valence-electron chi connectivity index (χ0n) is 18.5. The number of oxime groups is 1. The summed E-state index contributed by atoms with van der Waals surface area (Å²) >= 11 is 0. The largest absolute Gasteiger partial charge is 0.507 e. The molecule has 0 unspecified atom stereocenters. The molecule has 0 aliphatic carbocycles. The molecule has 1 aliphatic heterocycles. The molecule has 0 saturated carbocycles. The van der Waals surface area contributed by atoms with Gasteiger partial charge in [-0.1, -0.05) is 11.2 Å². The van der Waals surface area contributed by atoms with Gasteiger partial charge in [0.15, 0.2) is 17.2 Å². The lowest BCUT2D eigenvalue weighted by atomic mass is 10.0. The lowest BCUT2D eigenvalue weighted by Crippen LogP contribution is -2.11. The minimum absolute atomic E-state index is 0.0115. The van der Waals surface area contributed by atoms with Crippen LogP contribution in [0, 0.1) is 13.8 Å². The van der Waals surface area contributed by atoms with Crippen molar-refractivity contribution in [3.05, 3.63) is 70.0 Å². The Hall–Kier alpha value is -4.60. The van der Waals surface area contributed by atoms with E-state index in [2.05, 4.69) is 10.1 Å². The fraction of sp³-hybridized carbons (Fsp3) is 0.167. The third kappa shape index (κ3) is 4.08. The highest BCUT2D eigenvalue weighted by Crippen LogP contribution is 2.48. The first-order valence-electron chi connectivity index (χ1n) is 10.1. The topological polar surface area (TPSA) is 137 Å². The standard InChI is InChI=1S/C24H20N2O8/c1-12-7-17(27)16(10-26-32-11-14-5-4-6-25-9-14)21-19(12)24(30)34-20-13(2)18(31-3)8-15(23(28)29)22(20)33-21/h4-10,27H,11H2,1-3H3,(H,28,29)/b26-10+. The van der Waals surface area contributed by atoms with E-state index >= 15 is 0 Å². The number of hydrogen-bond donors (Lipinski definition) is 2. The number of nitrogens with zero attached hydrogens (tertiary/aromatic N) is 2. The van der Waals surface area contributed by atoms with E-state index in [0.29, 0.717) is 11.1 Å². The molecule has 10 heteroatoms. The van der Waals surface area contributed by atoms with Crippen molar-refractivity contribution in [2.24, 2.45) is 5.16 Å². The lowest BCUT2D eigenvalue weighted by molar-refractivity contribution is 0.0685. The Morgan fingerprint density at radius 1 is 1.21 bits per heavy atom. The average Bonchev–Trinajstić information content (AvgIpc) is 2.96. The van der Waals surface area contributed by atoms with E-state index in [1.54, 1.807) is 38.4 Å². The van der Waals surface area contributed by atoms with Gasteiger partial charge in [0.2, 0.25) is 0 Å². The number of carbonyl (C=O) groups is 2. The Bertz CT molecular complexity index is 1320. The van der Waals surface area contributed by atoms with Crippen molar-refractivity contribution in [3.63, 3.8) is 0 Å². The maximum Gasteiger partial charge on any atom is 0.347 e. The van der Waals surface area contributed by atoms with Crippen LogP contribution in [0.15, 0.2) is 41.8 Å². The summed E-state index contributed by atoms with van der Waals surface area (Å²) in [5, 5.41) is 24.2. The molecule has 174 valence electrons. The van der Waals surface area contributed by atoms with Crippen LogP contribution in [0.4, 0.5) is 0 Å². The summed E-state index contributed by atoms with van der Waals surface area (Å²) in [4.78, 5) is 34.3. The summed E-state index contributed by atoms with van der Waals surface area (Å²) in [5.41, 5.74) is 1.25. The fourth-order valence-electron chi connectivity index (χ4n) is 3.51. The molecule has 0 spiro atoms. The Kier molecular flexibility index (Phi) is 6.05. The Balaban J connectivity index is 1.81. The van der Waals surface area contributed by atoms with E-state index in [4.69, 9.17) is 19.0 Å². The van der Waals surface area contributed by atoms with Crippen LogP contribution in [-0.4, -0.2) is 40.5 Å². The molecule has 0 atom stereocenters. The summed E-state index contributed by atoms with van der Waals surface area (Å²) in [7, 11) is 1.37. The molecule has 3 aromatic rings. The molecule has 10 nitrogen and oxygen atoms in total. The number of carbonyl (C=O) groups excluding carboxylic acids is 1. The van der Waals surface area contributed by atoms with E-state index in [1.807, 2.05) is 0 Å². The SMILES string of the molecule is COc1cc(C(=O)O)c2c(c1C)OC(=O)c1c(C)cc(O)c(/C=N/OCc3cccnc3)c1O2. The number of phenols is 1. The van der Waals surface area contributed by atoms with Crippen molar-refractivity contribution in [1.82, 2.24) is 4.98 Å². The van der Waals surface area contributed by atoms with E-state index in [0.717, 1.165) is 5.56 Å². The number of hydrogen-bond acceptors (Lipinski definition) is 9. The van der Waals surface area contributed by atoms with Gasteiger partial charge in [0, 0.05) is 23.5 Å². The summed E-state index contributed by atoms with van der Waals surface area (Å²) < 4.78 is 16.7. The second-order valence-electron chi connectivity index (χ2n) is 7.41. The minimum Gasteiger partial charge on any atom is -0.507 e. The van der Waals surface area contributed by atoms with E-state index < -0.39 is 11.9 Å². The highest BCUT2D eigenvalue weighted by atomic mass is 16.6. The number of phenolic OH excluding ortho intramolecular Hbond substituents is 1. The molecule has 2 N–H and O–H groups in total. The first-order valence-corrected chi connectivity index (χ1v) is 10.1. The fourth-order valence-corrected chi connectivity index (χ4v) is 3.51. The van der Waals surface area contributed by atoms with E-state index in [1.165, 1.54) is 25.5 Å². The van der Waals surface area contributed by atoms with Gasteiger partial charge >= 0.3 is 11.9 Å². The second-order valence-corrected chi connectivity index (χ2v) is 7.41. The van der Waals surface area contributed by atoms with Gasteiger partial charge in [0.25, 0.3) is 0 Å². The zero-order chi connectivity index (χ0) is 24.4. The molecule has 0 radical (unpaired) electrons. The van der Waals surface area contributed by atoms with Gasteiger partial charge in [-0.15, -0.1) is 0 Å². The number of ether oxygens (including phenoxy) is 3. The van der Waals surface area contributed by atoms with E-state index in [-0.39, 0.29) is 52.0 Å². The molecule has 34 heavy (non-hydrogen) atoms. The molecular formula is C24H20N2O8. The first kappa shape index (κ1) is 22.6. The number of carboxylic acid groups (broad SMARTS) is 1. The first-order chi connectivity index (χ1) is 16.3. The molecule has 2 heterocycles. The van der Waals surface area contributed by atoms with Crippen LogP contribution < -0.4 is 14.2 Å². The predicted octanol–water partition coefficient (Wildman–Crippen LogP) is 3.99. The molecule has 0 fully saturated rings. The van der Waals surface area contributed by atoms with Crippen LogP contribution in [0.3, 0.4) is 0 Å². The third-order valence-corrected chi connectivity index (χ3v) is 5.20. The minimum atomic E-state index is -1.32. The number of rotatable bonds is 6. The van der Waals surface area contributed by atoms with Crippen molar-refractivity contribution in [2.45, 2.75) is 20.5 Å². The Labute approximate surface area is 194 Å². The normalized spacial score (nSPS) is 12.3. The lowest BCUT2D eigenvalue weighted by Gasteiger charge is -2.16. The molecule has 0 saturated heterocycles. The molecule has 2 aromatic carbocycles. The van der Waals surface area contributed by atoms with Crippen LogP contribution in [0.5, 0.6) is 28.7 Å². The van der Waals surface area contributed by atoms with Crippen molar-refractivity contribution >= 4 is 18.2 Å². The van der Waals surface area contributed by atoms with Crippen molar-refractivity contribution in [2.75, 3.05) is 7.11 Å². The van der Waals surface area contributed by atoms with Gasteiger partial charge in [-0.3, -0.25) is 4.98 Å². The van der Waals surface area contributed by atoms with E-state index in [9.17, 15) is 19.8 Å². The van der Waals surface area contributed by atoms with Gasteiger partial charge in [-0.25, -0.2) is 9.59 Å². The summed E-state index contributed by atoms with van der Waals surface area (Å²) in [6.45, 7) is 3.31. The van der Waals surface area contributed by atoms with Crippen LogP contribution in [0.2, 0.25) is 0 Å². The molecule has 1 aromatic heterocycles. The molecule has 0 amide bonds. The van der Waals surface area contributed by atoms with Gasteiger partial charge in [0.05, 0.1) is 18.9 Å². The molecule has 1 aliphatic rings. The summed E-state index contributed by atoms with van der Waals surface area (Å²) in [6.07, 6.45) is 4.42.